The summed E-state index contributed by atoms with van der Waals surface area (Å²) in [7, 11) is 0. The number of aromatic nitrogens is 3. The van der Waals surface area contributed by atoms with Crippen molar-refractivity contribution in [1.29, 1.82) is 0 Å². The number of piperidine rings is 1. The maximum absolute atomic E-state index is 4.50. The first-order valence-electron chi connectivity index (χ1n) is 9.73. The van der Waals surface area contributed by atoms with E-state index in [0.717, 1.165) is 6.42 Å². The average Bonchev–Trinajstić information content (AvgIpc) is 3.05. The van der Waals surface area contributed by atoms with E-state index >= 15 is 0 Å². The second kappa shape index (κ2) is 7.16. The van der Waals surface area contributed by atoms with E-state index in [2.05, 4.69) is 26.0 Å². The number of aryl methyl sites for hydroxylation is 1. The molecule has 1 saturated heterocycles. The molecule has 0 unspecified atom stereocenters. The molecule has 126 valence electrons. The van der Waals surface area contributed by atoms with Gasteiger partial charge < -0.3 is 4.90 Å². The lowest BCUT2D eigenvalue weighted by Crippen LogP contribution is -2.36. The van der Waals surface area contributed by atoms with Crippen LogP contribution in [0.15, 0.2) is 11.6 Å². The largest absolute Gasteiger partial charge is 0.303 e. The van der Waals surface area contributed by atoms with Crippen LogP contribution in [0, 0.1) is 0 Å². The lowest BCUT2D eigenvalue weighted by molar-refractivity contribution is 0.178. The fraction of sp³-hybridized carbons (Fsp3) is 0.789. The predicted molar refractivity (Wildman–Crippen MR) is 92.5 cm³/mol. The summed E-state index contributed by atoms with van der Waals surface area (Å²) in [5.41, 5.74) is 4.44. The Morgan fingerprint density at radius 2 is 1.83 bits per heavy atom. The molecular weight excluding hydrogens is 284 g/mol. The van der Waals surface area contributed by atoms with Crippen molar-refractivity contribution in [3.05, 3.63) is 23.0 Å². The molecule has 0 spiro atoms. The van der Waals surface area contributed by atoms with Crippen molar-refractivity contribution in [3.63, 3.8) is 0 Å². The molecular formula is C19H30N4. The number of nitrogens with zero attached hydrogens (tertiary/aromatic N) is 4. The molecule has 2 aliphatic carbocycles. The predicted octanol–water partition coefficient (Wildman–Crippen LogP) is 3.68. The number of hydrogen-bond acceptors (Lipinski definition) is 3. The summed E-state index contributed by atoms with van der Waals surface area (Å²) in [6.07, 6.45) is 16.7. The van der Waals surface area contributed by atoms with Crippen molar-refractivity contribution in [3.8, 4) is 0 Å². The molecule has 23 heavy (non-hydrogen) atoms. The van der Waals surface area contributed by atoms with E-state index in [1.54, 1.807) is 5.57 Å². The molecule has 4 rings (SSSR count). The number of likely N-dealkylation sites (tertiary alicyclic amines) is 1. The molecule has 4 heteroatoms. The van der Waals surface area contributed by atoms with Gasteiger partial charge in [0.05, 0.1) is 17.4 Å². The van der Waals surface area contributed by atoms with E-state index in [-0.39, 0.29) is 0 Å². The first-order valence-corrected chi connectivity index (χ1v) is 9.73. The summed E-state index contributed by atoms with van der Waals surface area (Å²) in [4.78, 5) is 2.66. The molecule has 0 atom stereocenters. The minimum absolute atomic E-state index is 0.592. The third-order valence-electron chi connectivity index (χ3n) is 5.99. The molecule has 1 fully saturated rings. The first-order chi connectivity index (χ1) is 11.4. The van der Waals surface area contributed by atoms with Gasteiger partial charge in [0.15, 0.2) is 0 Å². The molecule has 4 nitrogen and oxygen atoms in total. The maximum Gasteiger partial charge on any atom is 0.0859 e. The van der Waals surface area contributed by atoms with Crippen LogP contribution >= 0.6 is 0 Å². The highest BCUT2D eigenvalue weighted by atomic mass is 15.4. The summed E-state index contributed by atoms with van der Waals surface area (Å²) in [5, 5.41) is 8.95. The molecule has 1 aliphatic heterocycles. The Bertz CT molecular complexity index is 552. The molecule has 2 heterocycles. The highest BCUT2D eigenvalue weighted by molar-refractivity contribution is 5.14. The summed E-state index contributed by atoms with van der Waals surface area (Å²) < 4.78 is 2.29. The van der Waals surface area contributed by atoms with Crippen molar-refractivity contribution in [2.75, 3.05) is 19.6 Å². The minimum Gasteiger partial charge on any atom is -0.303 e. The topological polar surface area (TPSA) is 34.0 Å². The Kier molecular flexibility index (Phi) is 4.79. The zero-order valence-corrected chi connectivity index (χ0v) is 14.3. The van der Waals surface area contributed by atoms with Gasteiger partial charge in [-0.05, 0) is 70.6 Å². The van der Waals surface area contributed by atoms with Crippen LogP contribution in [0.2, 0.25) is 0 Å². The Balaban J connectivity index is 1.29. The molecule has 0 radical (unpaired) electrons. The number of allylic oxidation sites excluding steroid dienone is 1. The van der Waals surface area contributed by atoms with Crippen molar-refractivity contribution in [2.24, 2.45) is 0 Å². The zero-order valence-electron chi connectivity index (χ0n) is 14.3. The zero-order chi connectivity index (χ0) is 15.5. The van der Waals surface area contributed by atoms with E-state index in [1.807, 2.05) is 0 Å². The second-order valence-corrected chi connectivity index (χ2v) is 7.57. The van der Waals surface area contributed by atoms with Crippen molar-refractivity contribution in [2.45, 2.75) is 76.7 Å². The standard InChI is InChI=1S/C19H30N4/c1-2-6-16(7-3-1)10-13-22-14-11-17(12-15-22)23-19-9-5-4-8-18(19)20-21-23/h6,17H,1-5,7-15H2. The molecule has 0 bridgehead atoms. The molecule has 0 amide bonds. The second-order valence-electron chi connectivity index (χ2n) is 7.57. The van der Waals surface area contributed by atoms with E-state index in [9.17, 15) is 0 Å². The minimum atomic E-state index is 0.592. The van der Waals surface area contributed by atoms with Gasteiger partial charge in [0, 0.05) is 19.6 Å². The molecule has 1 aromatic rings. The van der Waals surface area contributed by atoms with Crippen LogP contribution in [-0.4, -0.2) is 39.5 Å². The summed E-state index contributed by atoms with van der Waals surface area (Å²) in [6.45, 7) is 3.72. The Hall–Kier alpha value is -1.16. The van der Waals surface area contributed by atoms with Gasteiger partial charge in [0.25, 0.3) is 0 Å². The summed E-state index contributed by atoms with van der Waals surface area (Å²) >= 11 is 0. The van der Waals surface area contributed by atoms with Gasteiger partial charge in [0.1, 0.15) is 0 Å². The van der Waals surface area contributed by atoms with Crippen LogP contribution in [0.1, 0.15) is 75.2 Å². The third-order valence-corrected chi connectivity index (χ3v) is 5.99. The quantitative estimate of drug-likeness (QED) is 0.795. The monoisotopic (exact) mass is 314 g/mol. The average molecular weight is 314 g/mol. The van der Waals surface area contributed by atoms with Crippen LogP contribution in [0.4, 0.5) is 0 Å². The molecule has 0 aromatic carbocycles. The van der Waals surface area contributed by atoms with Gasteiger partial charge in [-0.1, -0.05) is 16.9 Å². The fourth-order valence-corrected chi connectivity index (χ4v) is 4.50. The lowest BCUT2D eigenvalue weighted by Gasteiger charge is -2.33. The van der Waals surface area contributed by atoms with Gasteiger partial charge in [-0.3, -0.25) is 0 Å². The number of hydrogen-bond donors (Lipinski definition) is 0. The summed E-state index contributed by atoms with van der Waals surface area (Å²) in [5.74, 6) is 0. The van der Waals surface area contributed by atoms with Crippen LogP contribution < -0.4 is 0 Å². The van der Waals surface area contributed by atoms with Gasteiger partial charge in [-0.25, -0.2) is 4.68 Å². The van der Waals surface area contributed by atoms with E-state index in [0.29, 0.717) is 6.04 Å². The van der Waals surface area contributed by atoms with Crippen molar-refractivity contribution in [1.82, 2.24) is 19.9 Å². The van der Waals surface area contributed by atoms with Crippen molar-refractivity contribution >= 4 is 0 Å². The smallest absolute Gasteiger partial charge is 0.0859 e. The number of fused-ring (bicyclic) bond motifs is 1. The molecule has 3 aliphatic rings. The molecule has 0 N–H and O–H groups in total. The Labute approximate surface area is 139 Å². The maximum atomic E-state index is 4.50. The molecule has 1 aromatic heterocycles. The SMILES string of the molecule is C1=C(CCN2CCC(n3nnc4c3CCCC4)CC2)CCCC1. The van der Waals surface area contributed by atoms with Gasteiger partial charge in [0.2, 0.25) is 0 Å². The van der Waals surface area contributed by atoms with E-state index < -0.39 is 0 Å². The van der Waals surface area contributed by atoms with Gasteiger partial charge >= 0.3 is 0 Å². The highest BCUT2D eigenvalue weighted by Crippen LogP contribution is 2.28. The summed E-state index contributed by atoms with van der Waals surface area (Å²) in [6, 6.07) is 0.592. The van der Waals surface area contributed by atoms with Crippen LogP contribution in [0.25, 0.3) is 0 Å². The van der Waals surface area contributed by atoms with Crippen LogP contribution in [0.3, 0.4) is 0 Å². The van der Waals surface area contributed by atoms with Gasteiger partial charge in [-0.15, -0.1) is 5.10 Å². The Morgan fingerprint density at radius 3 is 2.65 bits per heavy atom. The fourth-order valence-electron chi connectivity index (χ4n) is 4.50. The number of rotatable bonds is 4. The van der Waals surface area contributed by atoms with Crippen LogP contribution in [-0.2, 0) is 12.8 Å². The van der Waals surface area contributed by atoms with E-state index in [4.69, 9.17) is 0 Å². The van der Waals surface area contributed by atoms with Gasteiger partial charge in [-0.2, -0.15) is 0 Å². The third kappa shape index (κ3) is 3.52. The normalized spacial score (nSPS) is 23.6. The van der Waals surface area contributed by atoms with Crippen molar-refractivity contribution < 1.29 is 0 Å². The first kappa shape index (κ1) is 15.4. The van der Waals surface area contributed by atoms with Crippen LogP contribution in [0.5, 0.6) is 0 Å². The lowest BCUT2D eigenvalue weighted by atomic mass is 9.96. The molecule has 0 saturated carbocycles. The van der Waals surface area contributed by atoms with E-state index in [1.165, 1.54) is 95.2 Å². The highest BCUT2D eigenvalue weighted by Gasteiger charge is 2.26. The Morgan fingerprint density at radius 1 is 1.00 bits per heavy atom.